The average Bonchev–Trinajstić information content (AvgIpc) is 3.55. The molecule has 4 aliphatic carbocycles. The molecule has 0 saturated heterocycles. The Kier molecular flexibility index (Phi) is 5.87. The Labute approximate surface area is 224 Å². The van der Waals surface area contributed by atoms with Crippen molar-refractivity contribution in [3.05, 3.63) is 28.1 Å². The molecule has 11 heteroatoms. The molecule has 0 bridgehead atoms. The van der Waals surface area contributed by atoms with Crippen LogP contribution >= 0.6 is 0 Å². The standard InChI is InChI=1S/C28H32FN3O7/c1-31(2)21-16-8-11-7-13-18(22(33)15-10-32(9-14(15)20(13)29)12-5-3-4-6-12)23(34)17(11)25(36)28(16,39)26(37)19(24(21)35)27(30)38/h11-12,16-17,19,21,33,39H,3-10H2,1-2H3,(H2,30,38)/t11-,16-,17?,19?,21-,28-/m0/s1. The third-order valence-electron chi connectivity index (χ3n) is 9.94. The second-order valence-corrected chi connectivity index (χ2v) is 12.1. The van der Waals surface area contributed by atoms with Crippen LogP contribution < -0.4 is 5.73 Å². The van der Waals surface area contributed by atoms with Crippen molar-refractivity contribution in [1.82, 2.24) is 9.80 Å². The molecule has 1 aromatic rings. The summed E-state index contributed by atoms with van der Waals surface area (Å²) in [6.45, 7) is 0.624. The highest BCUT2D eigenvalue weighted by molar-refractivity contribution is 6.32. The first-order valence-corrected chi connectivity index (χ1v) is 13.5. The molecule has 0 aromatic heterocycles. The van der Waals surface area contributed by atoms with Gasteiger partial charge in [-0.3, -0.25) is 33.8 Å². The number of likely N-dealkylation sites (N-methyl/N-ethyl adjacent to an activating group) is 1. The van der Waals surface area contributed by atoms with Crippen LogP contribution in [0.25, 0.3) is 0 Å². The number of Topliss-reactive ketones (excluding diaryl/α,β-unsaturated/α-hetero) is 4. The minimum atomic E-state index is -2.79. The minimum Gasteiger partial charge on any atom is -0.507 e. The first-order chi connectivity index (χ1) is 18.4. The van der Waals surface area contributed by atoms with Gasteiger partial charge in [0.1, 0.15) is 11.6 Å². The molecule has 1 heterocycles. The van der Waals surface area contributed by atoms with Crippen molar-refractivity contribution in [1.29, 1.82) is 0 Å². The van der Waals surface area contributed by atoms with Gasteiger partial charge in [-0.15, -0.1) is 0 Å². The first-order valence-electron chi connectivity index (χ1n) is 13.5. The molecule has 1 aromatic carbocycles. The number of phenolic OH excluding ortho intramolecular Hbond substituents is 1. The Hall–Kier alpha value is -3.02. The van der Waals surface area contributed by atoms with Crippen molar-refractivity contribution in [2.75, 3.05) is 14.1 Å². The fraction of sp³-hybridized carbons (Fsp3) is 0.607. The highest BCUT2D eigenvalue weighted by Crippen LogP contribution is 2.52. The topological polar surface area (TPSA) is 158 Å². The number of rotatable bonds is 3. The summed E-state index contributed by atoms with van der Waals surface area (Å²) in [6.07, 6.45) is 3.97. The molecule has 3 saturated carbocycles. The molecule has 3 fully saturated rings. The number of hydrogen-bond acceptors (Lipinski definition) is 9. The molecule has 1 amide bonds. The molecule has 0 radical (unpaired) electrons. The summed E-state index contributed by atoms with van der Waals surface area (Å²) in [4.78, 5) is 69.8. The van der Waals surface area contributed by atoms with E-state index in [1.165, 1.54) is 19.0 Å². The summed E-state index contributed by atoms with van der Waals surface area (Å²) < 4.78 is 16.0. The molecule has 39 heavy (non-hydrogen) atoms. The number of benzene rings is 1. The SMILES string of the molecule is CN(C)[C@@H]1C(=O)C(C(N)=O)C(=O)[C@@]2(O)C(=O)C3C(=O)c4c(O)c5c(c(F)c4C[C@H]3C[C@@H]12)CN(C1CCCC1)C5. The Morgan fingerprint density at radius 3 is 2.31 bits per heavy atom. The number of carbonyl (C=O) groups excluding carboxylic acids is 5. The van der Waals surface area contributed by atoms with Crippen molar-refractivity contribution in [3.8, 4) is 5.75 Å². The number of aliphatic hydroxyl groups is 1. The van der Waals surface area contributed by atoms with Gasteiger partial charge >= 0.3 is 0 Å². The monoisotopic (exact) mass is 541 g/mol. The lowest BCUT2D eigenvalue weighted by Gasteiger charge is -2.52. The number of hydrogen-bond donors (Lipinski definition) is 3. The molecular formula is C28H32FN3O7. The van der Waals surface area contributed by atoms with Crippen molar-refractivity contribution >= 4 is 29.0 Å². The second kappa shape index (κ2) is 8.74. The van der Waals surface area contributed by atoms with Gasteiger partial charge in [0.15, 0.2) is 34.7 Å². The van der Waals surface area contributed by atoms with Gasteiger partial charge in [0.05, 0.1) is 17.5 Å². The summed E-state index contributed by atoms with van der Waals surface area (Å²) >= 11 is 0. The van der Waals surface area contributed by atoms with Crippen LogP contribution in [0.4, 0.5) is 4.39 Å². The largest absolute Gasteiger partial charge is 0.507 e. The fourth-order valence-electron chi connectivity index (χ4n) is 8.13. The normalized spacial score (nSPS) is 34.7. The maximum Gasteiger partial charge on any atom is 0.235 e. The second-order valence-electron chi connectivity index (χ2n) is 12.1. The quantitative estimate of drug-likeness (QED) is 0.457. The lowest BCUT2D eigenvalue weighted by molar-refractivity contribution is -0.181. The van der Waals surface area contributed by atoms with E-state index in [0.717, 1.165) is 25.7 Å². The van der Waals surface area contributed by atoms with Gasteiger partial charge in [-0.2, -0.15) is 0 Å². The first kappa shape index (κ1) is 26.2. The lowest BCUT2D eigenvalue weighted by atomic mass is 9.52. The van der Waals surface area contributed by atoms with Crippen LogP contribution in [0.5, 0.6) is 5.75 Å². The van der Waals surface area contributed by atoms with E-state index in [2.05, 4.69) is 4.90 Å². The number of ketones is 4. The van der Waals surface area contributed by atoms with Crippen molar-refractivity contribution in [2.45, 2.75) is 69.3 Å². The maximum atomic E-state index is 16.0. The highest BCUT2D eigenvalue weighted by Gasteiger charge is 2.69. The summed E-state index contributed by atoms with van der Waals surface area (Å²) in [6, 6.07) is -0.917. The van der Waals surface area contributed by atoms with Crippen LogP contribution in [0.15, 0.2) is 0 Å². The number of nitrogens with two attached hydrogens (primary N) is 1. The molecule has 2 unspecified atom stereocenters. The van der Waals surface area contributed by atoms with E-state index in [0.29, 0.717) is 24.2 Å². The smallest absolute Gasteiger partial charge is 0.235 e. The molecule has 208 valence electrons. The zero-order valence-electron chi connectivity index (χ0n) is 21.9. The van der Waals surface area contributed by atoms with Crippen molar-refractivity contribution in [2.24, 2.45) is 29.4 Å². The lowest BCUT2D eigenvalue weighted by Crippen LogP contribution is -2.74. The summed E-state index contributed by atoms with van der Waals surface area (Å²) in [5.74, 6) is -11.9. The minimum absolute atomic E-state index is 0.0360. The Bertz CT molecular complexity index is 1350. The number of aromatic hydroxyl groups is 1. The zero-order chi connectivity index (χ0) is 28.1. The Balaban J connectivity index is 1.43. The van der Waals surface area contributed by atoms with Gasteiger partial charge in [0.25, 0.3) is 0 Å². The summed E-state index contributed by atoms with van der Waals surface area (Å²) in [5.41, 5.74) is 3.01. The average molecular weight is 542 g/mol. The Morgan fingerprint density at radius 1 is 1.05 bits per heavy atom. The van der Waals surface area contributed by atoms with Crippen molar-refractivity contribution < 1.29 is 38.6 Å². The molecule has 5 aliphatic rings. The highest BCUT2D eigenvalue weighted by atomic mass is 19.1. The van der Waals surface area contributed by atoms with Gasteiger partial charge in [0, 0.05) is 41.7 Å². The van der Waals surface area contributed by atoms with E-state index in [1.807, 2.05) is 0 Å². The molecular weight excluding hydrogens is 509 g/mol. The number of primary amides is 1. The van der Waals surface area contributed by atoms with Gasteiger partial charge in [-0.1, -0.05) is 12.8 Å². The molecule has 4 N–H and O–H groups in total. The summed E-state index contributed by atoms with van der Waals surface area (Å²) in [5, 5.41) is 22.9. The number of carbonyl (C=O) groups is 5. The van der Waals surface area contributed by atoms with Crippen molar-refractivity contribution in [3.63, 3.8) is 0 Å². The van der Waals surface area contributed by atoms with Crippen LogP contribution in [-0.2, 0) is 38.7 Å². The van der Waals surface area contributed by atoms with Crippen LogP contribution in [0, 0.1) is 29.5 Å². The number of halogens is 1. The maximum absolute atomic E-state index is 16.0. The van der Waals surface area contributed by atoms with E-state index in [1.54, 1.807) is 0 Å². The van der Waals surface area contributed by atoms with E-state index in [4.69, 9.17) is 5.73 Å². The summed E-state index contributed by atoms with van der Waals surface area (Å²) in [7, 11) is 3.04. The molecule has 0 spiro atoms. The number of fused-ring (bicyclic) bond motifs is 4. The van der Waals surface area contributed by atoms with Crippen LogP contribution in [0.3, 0.4) is 0 Å². The van der Waals surface area contributed by atoms with Gasteiger partial charge < -0.3 is 15.9 Å². The zero-order valence-corrected chi connectivity index (χ0v) is 21.9. The van der Waals surface area contributed by atoms with Gasteiger partial charge in [-0.25, -0.2) is 4.39 Å². The van der Waals surface area contributed by atoms with Gasteiger partial charge in [0.2, 0.25) is 5.91 Å². The Morgan fingerprint density at radius 2 is 1.69 bits per heavy atom. The van der Waals surface area contributed by atoms with E-state index < -0.39 is 70.2 Å². The predicted molar refractivity (Wildman–Crippen MR) is 133 cm³/mol. The van der Waals surface area contributed by atoms with Crippen LogP contribution in [0.2, 0.25) is 0 Å². The van der Waals surface area contributed by atoms with E-state index in [9.17, 15) is 34.2 Å². The molecule has 6 atom stereocenters. The van der Waals surface area contributed by atoms with Crippen LogP contribution in [-0.4, -0.2) is 80.8 Å². The number of phenols is 1. The molecule has 6 rings (SSSR count). The third-order valence-corrected chi connectivity index (χ3v) is 9.94. The molecule has 10 nitrogen and oxygen atoms in total. The fourth-order valence-corrected chi connectivity index (χ4v) is 8.13. The van der Waals surface area contributed by atoms with E-state index in [-0.39, 0.29) is 35.8 Å². The van der Waals surface area contributed by atoms with Crippen LogP contribution in [0.1, 0.15) is 59.2 Å². The van der Waals surface area contributed by atoms with E-state index >= 15 is 4.39 Å². The number of nitrogens with zero attached hydrogens (tertiary/aromatic N) is 2. The van der Waals surface area contributed by atoms with Gasteiger partial charge in [-0.05, 0) is 45.7 Å². The predicted octanol–water partition coefficient (Wildman–Crippen LogP) is 0.264. The third kappa shape index (κ3) is 3.39. The molecule has 1 aliphatic heterocycles. The number of amides is 1.